The minimum absolute atomic E-state index is 0.140. The molecule has 3 aromatic carbocycles. The van der Waals surface area contributed by atoms with Crippen LogP contribution in [0.1, 0.15) is 18.9 Å². The average molecular weight is 443 g/mol. The fourth-order valence-electron chi connectivity index (χ4n) is 3.43. The number of nitrogens with one attached hydrogen (secondary N) is 1. The van der Waals surface area contributed by atoms with Crippen LogP contribution in [0.25, 0.3) is 22.3 Å². The molecule has 0 saturated carbocycles. The highest BCUT2D eigenvalue weighted by molar-refractivity contribution is 5.91. The molecule has 0 bridgehead atoms. The summed E-state index contributed by atoms with van der Waals surface area (Å²) in [5.74, 6) is 1.67. The Morgan fingerprint density at radius 3 is 2.36 bits per heavy atom. The van der Waals surface area contributed by atoms with E-state index in [0.717, 1.165) is 17.7 Å². The lowest BCUT2D eigenvalue weighted by atomic mass is 10.1. The zero-order chi connectivity index (χ0) is 23.2. The molecule has 6 heteroatoms. The molecule has 0 spiro atoms. The SMILES string of the molecule is CCc1ccc(OCCC(=O)Nc2ccc(-c3cc(=O)c4cc(OC)ccc4o3)cc2)cc1. The Labute approximate surface area is 191 Å². The van der Waals surface area contributed by atoms with E-state index in [2.05, 4.69) is 12.2 Å². The van der Waals surface area contributed by atoms with E-state index in [4.69, 9.17) is 13.9 Å². The molecule has 0 aliphatic heterocycles. The molecule has 0 radical (unpaired) electrons. The van der Waals surface area contributed by atoms with Crippen LogP contribution in [0.15, 0.2) is 82.0 Å². The first-order valence-corrected chi connectivity index (χ1v) is 10.8. The van der Waals surface area contributed by atoms with Gasteiger partial charge in [0.15, 0.2) is 5.43 Å². The molecule has 1 heterocycles. The minimum atomic E-state index is -0.146. The van der Waals surface area contributed by atoms with Gasteiger partial charge in [-0.05, 0) is 66.6 Å². The van der Waals surface area contributed by atoms with Gasteiger partial charge in [-0.15, -0.1) is 0 Å². The smallest absolute Gasteiger partial charge is 0.227 e. The van der Waals surface area contributed by atoms with Crippen LogP contribution in [0.2, 0.25) is 0 Å². The van der Waals surface area contributed by atoms with Gasteiger partial charge in [0.25, 0.3) is 0 Å². The van der Waals surface area contributed by atoms with Crippen LogP contribution in [-0.2, 0) is 11.2 Å². The Kier molecular flexibility index (Phi) is 6.74. The number of carbonyl (C=O) groups is 1. The molecule has 0 saturated heterocycles. The lowest BCUT2D eigenvalue weighted by molar-refractivity contribution is -0.116. The number of ether oxygens (including phenoxy) is 2. The van der Waals surface area contributed by atoms with Crippen LogP contribution in [0.5, 0.6) is 11.5 Å². The molecule has 1 aromatic heterocycles. The highest BCUT2D eigenvalue weighted by atomic mass is 16.5. The summed E-state index contributed by atoms with van der Waals surface area (Å²) in [5.41, 5.74) is 2.98. The third-order valence-electron chi connectivity index (χ3n) is 5.32. The van der Waals surface area contributed by atoms with Gasteiger partial charge in [-0.25, -0.2) is 0 Å². The number of methoxy groups -OCH3 is 1. The molecular weight excluding hydrogens is 418 g/mol. The van der Waals surface area contributed by atoms with Gasteiger partial charge in [0.2, 0.25) is 5.91 Å². The van der Waals surface area contributed by atoms with Crippen molar-refractivity contribution in [1.82, 2.24) is 0 Å². The molecule has 0 atom stereocenters. The van der Waals surface area contributed by atoms with Gasteiger partial charge in [0, 0.05) is 17.3 Å². The number of carbonyl (C=O) groups excluding carboxylic acids is 1. The molecular formula is C27H25NO5. The number of anilines is 1. The normalized spacial score (nSPS) is 10.7. The number of hydrogen-bond donors (Lipinski definition) is 1. The van der Waals surface area contributed by atoms with Gasteiger partial charge in [0.1, 0.15) is 22.8 Å². The predicted molar refractivity (Wildman–Crippen MR) is 129 cm³/mol. The van der Waals surface area contributed by atoms with Crippen LogP contribution in [0, 0.1) is 0 Å². The maximum Gasteiger partial charge on any atom is 0.227 e. The van der Waals surface area contributed by atoms with Crippen molar-refractivity contribution in [1.29, 1.82) is 0 Å². The standard InChI is InChI=1S/C27H25NO5/c1-3-18-4-10-21(11-5-18)32-15-14-27(30)28-20-8-6-19(7-9-20)26-17-24(29)23-16-22(31-2)12-13-25(23)33-26/h4-13,16-17H,3,14-15H2,1-2H3,(H,28,30). The first-order valence-electron chi connectivity index (χ1n) is 10.8. The van der Waals surface area contributed by atoms with Crippen LogP contribution < -0.4 is 20.2 Å². The van der Waals surface area contributed by atoms with Crippen LogP contribution in [0.4, 0.5) is 5.69 Å². The Morgan fingerprint density at radius 1 is 0.939 bits per heavy atom. The van der Waals surface area contributed by atoms with Gasteiger partial charge in [-0.3, -0.25) is 9.59 Å². The Balaban J connectivity index is 1.36. The summed E-state index contributed by atoms with van der Waals surface area (Å²) >= 11 is 0. The van der Waals surface area contributed by atoms with Crippen molar-refractivity contribution in [3.63, 3.8) is 0 Å². The molecule has 1 N–H and O–H groups in total. The van der Waals surface area contributed by atoms with Gasteiger partial charge in [-0.1, -0.05) is 19.1 Å². The highest BCUT2D eigenvalue weighted by Gasteiger charge is 2.09. The largest absolute Gasteiger partial charge is 0.497 e. The van der Waals surface area contributed by atoms with Gasteiger partial charge in [-0.2, -0.15) is 0 Å². The van der Waals surface area contributed by atoms with Crippen LogP contribution >= 0.6 is 0 Å². The third-order valence-corrected chi connectivity index (χ3v) is 5.32. The second-order valence-corrected chi connectivity index (χ2v) is 7.56. The van der Waals surface area contributed by atoms with E-state index in [-0.39, 0.29) is 17.8 Å². The maximum absolute atomic E-state index is 12.5. The molecule has 168 valence electrons. The topological polar surface area (TPSA) is 77.8 Å². The maximum atomic E-state index is 12.5. The molecule has 33 heavy (non-hydrogen) atoms. The van der Waals surface area contributed by atoms with Gasteiger partial charge >= 0.3 is 0 Å². The second kappa shape index (κ2) is 10.0. The Hall–Kier alpha value is -4.06. The lowest BCUT2D eigenvalue weighted by Crippen LogP contribution is -2.15. The van der Waals surface area contributed by atoms with Crippen molar-refractivity contribution in [3.05, 3.63) is 88.6 Å². The zero-order valence-electron chi connectivity index (χ0n) is 18.6. The molecule has 0 fully saturated rings. The highest BCUT2D eigenvalue weighted by Crippen LogP contribution is 2.25. The molecule has 0 aliphatic rings. The number of fused-ring (bicyclic) bond motifs is 1. The third kappa shape index (κ3) is 5.41. The fourth-order valence-corrected chi connectivity index (χ4v) is 3.43. The molecule has 1 amide bonds. The van der Waals surface area contributed by atoms with Gasteiger partial charge < -0.3 is 19.2 Å². The lowest BCUT2D eigenvalue weighted by Gasteiger charge is -2.09. The second-order valence-electron chi connectivity index (χ2n) is 7.56. The number of benzene rings is 3. The molecule has 4 aromatic rings. The zero-order valence-corrected chi connectivity index (χ0v) is 18.6. The summed E-state index contributed by atoms with van der Waals surface area (Å²) in [6, 6.07) is 21.6. The van der Waals surface area contributed by atoms with Crippen LogP contribution in [0.3, 0.4) is 0 Å². The summed E-state index contributed by atoms with van der Waals surface area (Å²) in [6.45, 7) is 2.39. The molecule has 0 aliphatic carbocycles. The fraction of sp³-hybridized carbons (Fsp3) is 0.185. The van der Waals surface area contributed by atoms with Crippen molar-refractivity contribution in [2.24, 2.45) is 0 Å². The van der Waals surface area contributed by atoms with Crippen molar-refractivity contribution in [3.8, 4) is 22.8 Å². The van der Waals surface area contributed by atoms with E-state index >= 15 is 0 Å². The number of hydrogen-bond acceptors (Lipinski definition) is 5. The Bertz CT molecular complexity index is 1310. The number of aryl methyl sites for hydroxylation is 1. The predicted octanol–water partition coefficient (Wildman–Crippen LogP) is 5.44. The van der Waals surface area contributed by atoms with E-state index in [1.54, 1.807) is 49.6 Å². The summed E-state index contributed by atoms with van der Waals surface area (Å²) < 4.78 is 16.7. The summed E-state index contributed by atoms with van der Waals surface area (Å²) in [7, 11) is 1.55. The summed E-state index contributed by atoms with van der Waals surface area (Å²) in [6.07, 6.45) is 1.21. The van der Waals surface area contributed by atoms with Crippen molar-refractivity contribution in [2.75, 3.05) is 19.0 Å². The number of rotatable bonds is 8. The van der Waals surface area contributed by atoms with E-state index in [1.165, 1.54) is 11.6 Å². The van der Waals surface area contributed by atoms with Crippen molar-refractivity contribution >= 4 is 22.6 Å². The van der Waals surface area contributed by atoms with E-state index < -0.39 is 0 Å². The first kappa shape index (κ1) is 22.1. The van der Waals surface area contributed by atoms with E-state index in [9.17, 15) is 9.59 Å². The van der Waals surface area contributed by atoms with E-state index in [0.29, 0.717) is 34.8 Å². The first-order chi connectivity index (χ1) is 16.1. The van der Waals surface area contributed by atoms with Gasteiger partial charge in [0.05, 0.1) is 25.5 Å². The molecule has 0 unspecified atom stereocenters. The van der Waals surface area contributed by atoms with Crippen LogP contribution in [-0.4, -0.2) is 19.6 Å². The number of amides is 1. The molecule has 6 nitrogen and oxygen atoms in total. The molecule has 4 rings (SSSR count). The summed E-state index contributed by atoms with van der Waals surface area (Å²) in [5, 5.41) is 3.32. The van der Waals surface area contributed by atoms with Crippen molar-refractivity contribution in [2.45, 2.75) is 19.8 Å². The summed E-state index contributed by atoms with van der Waals surface area (Å²) in [4.78, 5) is 24.7. The quantitative estimate of drug-likeness (QED) is 0.392. The minimum Gasteiger partial charge on any atom is -0.497 e. The van der Waals surface area contributed by atoms with Crippen molar-refractivity contribution < 1.29 is 18.7 Å². The average Bonchev–Trinajstić information content (AvgIpc) is 2.84. The monoisotopic (exact) mass is 443 g/mol. The Morgan fingerprint density at radius 2 is 1.67 bits per heavy atom. The van der Waals surface area contributed by atoms with E-state index in [1.807, 2.05) is 24.3 Å².